The summed E-state index contributed by atoms with van der Waals surface area (Å²) in [4.78, 5) is 12.6. The van der Waals surface area contributed by atoms with Crippen LogP contribution < -0.4 is 5.32 Å². The quantitative estimate of drug-likeness (QED) is 0.382. The number of nitrogens with one attached hydrogen (secondary N) is 1. The number of aliphatic hydroxyl groups excluding tert-OH is 1. The van der Waals surface area contributed by atoms with E-state index in [2.05, 4.69) is 20.3 Å². The number of aliphatic hydroxyl groups is 1. The first kappa shape index (κ1) is 31.0. The van der Waals surface area contributed by atoms with Gasteiger partial charge in [0.05, 0.1) is 29.8 Å². The first-order valence-corrected chi connectivity index (χ1v) is 14.8. The molecule has 13 heteroatoms. The van der Waals surface area contributed by atoms with E-state index in [0.29, 0.717) is 47.8 Å². The summed E-state index contributed by atoms with van der Waals surface area (Å²) < 4.78 is 66.5. The molecule has 1 aromatic carbocycles. The Kier molecular flexibility index (Phi) is 10.1. The lowest BCUT2D eigenvalue weighted by Gasteiger charge is -2.30. The minimum Gasteiger partial charge on any atom is -0.392 e. The molecule has 1 aliphatic rings. The molecule has 1 fully saturated rings. The molecule has 0 bridgehead atoms. The number of aliphatic imine (C=N–C) groups is 1. The molecule has 1 aliphatic heterocycles. The second-order valence-corrected chi connectivity index (χ2v) is 12.0. The van der Waals surface area contributed by atoms with Crippen LogP contribution in [-0.2, 0) is 22.8 Å². The zero-order valence-electron chi connectivity index (χ0n) is 22.3. The third-order valence-electron chi connectivity index (χ3n) is 6.69. The van der Waals surface area contributed by atoms with Gasteiger partial charge in [0.25, 0.3) is 0 Å². The summed E-state index contributed by atoms with van der Waals surface area (Å²) in [5.74, 6) is -0.0219. The Bertz CT molecular complexity index is 1340. The number of anilines is 1. The molecule has 39 heavy (non-hydrogen) atoms. The average Bonchev–Trinajstić information content (AvgIpc) is 2.88. The zero-order valence-corrected chi connectivity index (χ0v) is 23.8. The number of alkyl halides is 3. The van der Waals surface area contributed by atoms with Crippen molar-refractivity contribution in [2.24, 2.45) is 10.9 Å². The third kappa shape index (κ3) is 8.00. The van der Waals surface area contributed by atoms with E-state index in [1.807, 2.05) is 13.8 Å². The van der Waals surface area contributed by atoms with Crippen LogP contribution in [0, 0.1) is 5.92 Å². The van der Waals surface area contributed by atoms with Gasteiger partial charge in [-0.15, -0.1) is 0 Å². The monoisotopic (exact) mass is 587 g/mol. The molecule has 0 radical (unpaired) electrons. The number of allylic oxidation sites excluding steroid dienone is 1. The molecule has 8 nitrogen and oxygen atoms in total. The molecule has 1 aromatic heterocycles. The molecule has 1 saturated heterocycles. The Labute approximate surface area is 232 Å². The second-order valence-electron chi connectivity index (χ2n) is 9.64. The number of benzene rings is 1. The van der Waals surface area contributed by atoms with Gasteiger partial charge >= 0.3 is 6.18 Å². The van der Waals surface area contributed by atoms with Crippen LogP contribution in [0.25, 0.3) is 5.57 Å². The molecule has 214 valence electrons. The van der Waals surface area contributed by atoms with Gasteiger partial charge in [0.1, 0.15) is 0 Å². The van der Waals surface area contributed by atoms with Gasteiger partial charge in [0.2, 0.25) is 16.0 Å². The number of nitrogens with zero attached hydrogens (tertiary/aromatic N) is 4. The highest BCUT2D eigenvalue weighted by Gasteiger charge is 2.36. The maximum Gasteiger partial charge on any atom is 0.419 e. The van der Waals surface area contributed by atoms with Gasteiger partial charge in [-0.05, 0) is 49.3 Å². The van der Waals surface area contributed by atoms with E-state index in [0.717, 1.165) is 18.9 Å². The molecule has 2 aromatic rings. The molecular formula is C26H33ClF3N5O3S. The van der Waals surface area contributed by atoms with Crippen molar-refractivity contribution in [2.45, 2.75) is 58.9 Å². The van der Waals surface area contributed by atoms with Crippen LogP contribution in [0.3, 0.4) is 0 Å². The van der Waals surface area contributed by atoms with E-state index in [9.17, 15) is 26.7 Å². The van der Waals surface area contributed by atoms with Gasteiger partial charge in [0.15, 0.2) is 0 Å². The van der Waals surface area contributed by atoms with Crippen molar-refractivity contribution in [1.29, 1.82) is 0 Å². The van der Waals surface area contributed by atoms with Crippen LogP contribution in [0.5, 0.6) is 0 Å². The predicted octanol–water partition coefficient (Wildman–Crippen LogP) is 5.37. The minimum absolute atomic E-state index is 0.0253. The lowest BCUT2D eigenvalue weighted by Crippen LogP contribution is -2.42. The summed E-state index contributed by atoms with van der Waals surface area (Å²) >= 11 is 6.44. The Morgan fingerprint density at radius 3 is 2.54 bits per heavy atom. The molecule has 0 saturated carbocycles. The molecular weight excluding hydrogens is 555 g/mol. The van der Waals surface area contributed by atoms with Crippen molar-refractivity contribution in [3.8, 4) is 0 Å². The fourth-order valence-corrected chi connectivity index (χ4v) is 5.40. The molecule has 2 N–H and O–H groups in total. The summed E-state index contributed by atoms with van der Waals surface area (Å²) in [7, 11) is -3.30. The van der Waals surface area contributed by atoms with Crippen molar-refractivity contribution >= 4 is 38.9 Å². The molecule has 0 spiro atoms. The van der Waals surface area contributed by atoms with E-state index in [1.54, 1.807) is 18.2 Å². The fourth-order valence-electron chi connectivity index (χ4n) is 4.22. The summed E-state index contributed by atoms with van der Waals surface area (Å²) in [6.07, 6.45) is 0.225. The lowest BCUT2D eigenvalue weighted by molar-refractivity contribution is -0.138. The highest BCUT2D eigenvalue weighted by atomic mass is 35.5. The van der Waals surface area contributed by atoms with Crippen molar-refractivity contribution in [3.63, 3.8) is 0 Å². The van der Waals surface area contributed by atoms with E-state index in [4.69, 9.17) is 11.6 Å². The number of rotatable bonds is 9. The molecule has 1 unspecified atom stereocenters. The lowest BCUT2D eigenvalue weighted by atomic mass is 9.95. The fraction of sp³-hybridized carbons (Fsp3) is 0.500. The number of hydrogen-bond acceptors (Lipinski definition) is 7. The predicted molar refractivity (Wildman–Crippen MR) is 147 cm³/mol. The Balaban J connectivity index is 1.95. The molecule has 0 amide bonds. The van der Waals surface area contributed by atoms with Gasteiger partial charge in [-0.3, -0.25) is 4.99 Å². The smallest absolute Gasteiger partial charge is 0.392 e. The van der Waals surface area contributed by atoms with E-state index >= 15 is 0 Å². The minimum atomic E-state index is -4.68. The van der Waals surface area contributed by atoms with Crippen LogP contribution in [0.2, 0.25) is 5.02 Å². The van der Waals surface area contributed by atoms with Gasteiger partial charge < -0.3 is 10.4 Å². The molecule has 2 heterocycles. The van der Waals surface area contributed by atoms with Gasteiger partial charge in [-0.1, -0.05) is 37.6 Å². The van der Waals surface area contributed by atoms with E-state index in [1.165, 1.54) is 17.4 Å². The highest BCUT2D eigenvalue weighted by Crippen LogP contribution is 2.34. The van der Waals surface area contributed by atoms with Crippen molar-refractivity contribution < 1.29 is 26.7 Å². The third-order valence-corrected chi connectivity index (χ3v) is 8.31. The van der Waals surface area contributed by atoms with Crippen LogP contribution in [0.15, 0.2) is 35.6 Å². The second kappa shape index (κ2) is 12.8. The van der Waals surface area contributed by atoms with E-state index in [-0.39, 0.29) is 35.8 Å². The molecule has 1 atom stereocenters. The number of sulfonamides is 1. The normalized spacial score (nSPS) is 17.4. The first-order chi connectivity index (χ1) is 18.2. The van der Waals surface area contributed by atoms with Crippen LogP contribution in [0.4, 0.5) is 19.1 Å². The van der Waals surface area contributed by atoms with Gasteiger partial charge in [-0.25, -0.2) is 22.7 Å². The standard InChI is InChI=1S/C26H33ClF3N5O3S/c1-5-16(2)23(20-7-6-18(15-36)12-22(20)27)31-13-17(3)24-21(26(28,29)30)14-32-25(34-24)33-19-8-10-35(11-9-19)39(4,37)38/h6-7,12-14,16,19,36H,5,8-11,15H2,1-4H3,(H,32,33,34)/b17-13+,31-23+. The topological polar surface area (TPSA) is 108 Å². The van der Waals surface area contributed by atoms with Crippen molar-refractivity contribution in [1.82, 2.24) is 14.3 Å². The Morgan fingerprint density at radius 2 is 2.00 bits per heavy atom. The largest absolute Gasteiger partial charge is 0.419 e. The zero-order chi connectivity index (χ0) is 29.0. The van der Waals surface area contributed by atoms with Crippen LogP contribution in [0.1, 0.15) is 62.4 Å². The SMILES string of the molecule is CCC(C)/C(=N\C=C(/C)c1nc(NC2CCN(S(C)(=O)=O)CC2)ncc1C(F)(F)F)c1ccc(CO)cc1Cl. The van der Waals surface area contributed by atoms with Gasteiger partial charge in [-0.2, -0.15) is 13.2 Å². The van der Waals surface area contributed by atoms with Crippen LogP contribution >= 0.6 is 11.6 Å². The maximum absolute atomic E-state index is 13.9. The number of aromatic nitrogens is 2. The van der Waals surface area contributed by atoms with Crippen molar-refractivity contribution in [3.05, 3.63) is 58.0 Å². The van der Waals surface area contributed by atoms with Crippen molar-refractivity contribution in [2.75, 3.05) is 24.7 Å². The Morgan fingerprint density at radius 1 is 1.33 bits per heavy atom. The summed E-state index contributed by atoms with van der Waals surface area (Å²) in [6.45, 7) is 5.85. The number of piperidine rings is 1. The number of hydrogen-bond donors (Lipinski definition) is 2. The van der Waals surface area contributed by atoms with E-state index < -0.39 is 21.8 Å². The maximum atomic E-state index is 13.9. The first-order valence-electron chi connectivity index (χ1n) is 12.5. The van der Waals surface area contributed by atoms with Crippen LogP contribution in [-0.4, -0.2) is 58.9 Å². The number of halogens is 4. The Hall–Kier alpha value is -2.54. The highest BCUT2D eigenvalue weighted by molar-refractivity contribution is 7.88. The molecule has 0 aliphatic carbocycles. The average molecular weight is 588 g/mol. The molecule has 3 rings (SSSR count). The van der Waals surface area contributed by atoms with Gasteiger partial charge in [0, 0.05) is 42.1 Å². The summed E-state index contributed by atoms with van der Waals surface area (Å²) in [5.41, 5.74) is 0.765. The summed E-state index contributed by atoms with van der Waals surface area (Å²) in [5, 5.41) is 12.8. The summed E-state index contributed by atoms with van der Waals surface area (Å²) in [6, 6.07) is 4.91.